The number of allylic oxidation sites excluding steroid dienone is 4. The average Bonchev–Trinajstić information content (AvgIpc) is 3.28. The minimum absolute atomic E-state index is 0.0365. The Hall–Kier alpha value is -1.92. The van der Waals surface area contributed by atoms with E-state index in [1.807, 2.05) is 6.08 Å². The number of unbranched alkanes of at least 4 members (excludes halogenated alkanes) is 36. The molecule has 0 saturated carbocycles. The number of esters is 1. The van der Waals surface area contributed by atoms with Crippen molar-refractivity contribution < 1.29 is 24.5 Å². The highest BCUT2D eigenvalue weighted by molar-refractivity contribution is 5.76. The Kier molecular flexibility index (Phi) is 51.1. The third-order valence-electron chi connectivity index (χ3n) is 12.7. The summed E-state index contributed by atoms with van der Waals surface area (Å²) in [6, 6.07) is -0.631. The first kappa shape index (κ1) is 61.1. The summed E-state index contributed by atoms with van der Waals surface area (Å²) in [6.07, 6.45) is 64.6. The number of aliphatic hydroxyl groups excluding tert-OH is 2. The standard InChI is InChI=1S/C57H107NO5/c1-3-5-7-9-11-13-15-16-26-30-33-37-41-45-49-55(60)54(53-59)58-56(61)50-46-42-38-34-31-27-24-22-20-18-17-19-21-23-25-28-32-36-40-44-48-52-63-57(62)51-47-43-39-35-29-14-12-10-8-6-4-2/h28,32,40,44-45,49,54-55,59-60H,3-27,29-31,33-39,41-43,46-48,50-53H2,1-2H3,(H,58,61)/b32-28-,44-40-,49-45+. The van der Waals surface area contributed by atoms with Crippen molar-refractivity contribution in [2.24, 2.45) is 0 Å². The molecule has 0 aliphatic heterocycles. The summed E-state index contributed by atoms with van der Waals surface area (Å²) in [7, 11) is 0. The lowest BCUT2D eigenvalue weighted by atomic mass is 10.0. The summed E-state index contributed by atoms with van der Waals surface area (Å²) < 4.78 is 5.39. The molecule has 0 bridgehead atoms. The van der Waals surface area contributed by atoms with Gasteiger partial charge in [0.1, 0.15) is 0 Å². The van der Waals surface area contributed by atoms with Gasteiger partial charge in [0, 0.05) is 12.8 Å². The molecule has 6 nitrogen and oxygen atoms in total. The number of ether oxygens (including phenoxy) is 1. The zero-order chi connectivity index (χ0) is 45.8. The van der Waals surface area contributed by atoms with Crippen molar-refractivity contribution in [2.45, 2.75) is 302 Å². The Balaban J connectivity index is 3.49. The normalized spacial score (nSPS) is 12.9. The Morgan fingerprint density at radius 3 is 1.21 bits per heavy atom. The zero-order valence-corrected chi connectivity index (χ0v) is 42.1. The van der Waals surface area contributed by atoms with E-state index < -0.39 is 12.1 Å². The molecule has 0 aromatic heterocycles. The van der Waals surface area contributed by atoms with E-state index in [-0.39, 0.29) is 18.5 Å². The van der Waals surface area contributed by atoms with Crippen molar-refractivity contribution in [1.82, 2.24) is 5.32 Å². The lowest BCUT2D eigenvalue weighted by Gasteiger charge is -2.20. The van der Waals surface area contributed by atoms with Crippen LogP contribution in [0.5, 0.6) is 0 Å². The number of aliphatic hydroxyl groups is 2. The number of nitrogens with one attached hydrogen (secondary N) is 1. The van der Waals surface area contributed by atoms with Crippen LogP contribution >= 0.6 is 0 Å². The monoisotopic (exact) mass is 886 g/mol. The highest BCUT2D eigenvalue weighted by Gasteiger charge is 2.18. The summed E-state index contributed by atoms with van der Waals surface area (Å²) in [6.45, 7) is 4.79. The molecule has 0 spiro atoms. The van der Waals surface area contributed by atoms with Gasteiger partial charge in [-0.2, -0.15) is 0 Å². The van der Waals surface area contributed by atoms with Gasteiger partial charge in [-0.15, -0.1) is 0 Å². The fourth-order valence-corrected chi connectivity index (χ4v) is 8.41. The second-order valence-electron chi connectivity index (χ2n) is 18.9. The first-order chi connectivity index (χ1) is 31.0. The zero-order valence-electron chi connectivity index (χ0n) is 42.1. The van der Waals surface area contributed by atoms with Crippen LogP contribution in [0.15, 0.2) is 36.5 Å². The molecule has 2 unspecified atom stereocenters. The fourth-order valence-electron chi connectivity index (χ4n) is 8.41. The van der Waals surface area contributed by atoms with Gasteiger partial charge in [0.25, 0.3) is 0 Å². The molecule has 0 aliphatic rings. The molecule has 0 aliphatic carbocycles. The van der Waals surface area contributed by atoms with Crippen LogP contribution in [0.25, 0.3) is 0 Å². The predicted molar refractivity (Wildman–Crippen MR) is 273 cm³/mol. The SMILES string of the molecule is CCCCCCCCCCCCCC/C=C/C(O)C(CO)NC(=O)CCCCCCCCCCCCCCCC/C=C\C/C=C\CCOC(=O)CCCCCCCCCCCCC. The number of hydrogen-bond acceptors (Lipinski definition) is 5. The van der Waals surface area contributed by atoms with Crippen LogP contribution in [0.2, 0.25) is 0 Å². The van der Waals surface area contributed by atoms with Gasteiger partial charge in [-0.25, -0.2) is 0 Å². The van der Waals surface area contributed by atoms with Gasteiger partial charge in [0.2, 0.25) is 5.91 Å². The smallest absolute Gasteiger partial charge is 0.305 e. The molecule has 1 amide bonds. The number of rotatable bonds is 51. The molecule has 0 aromatic carbocycles. The third-order valence-corrected chi connectivity index (χ3v) is 12.7. The highest BCUT2D eigenvalue weighted by atomic mass is 16.5. The highest BCUT2D eigenvalue weighted by Crippen LogP contribution is 2.16. The summed E-state index contributed by atoms with van der Waals surface area (Å²) in [5.74, 6) is -0.109. The molecule has 0 radical (unpaired) electrons. The van der Waals surface area contributed by atoms with Crippen molar-refractivity contribution in [2.75, 3.05) is 13.2 Å². The van der Waals surface area contributed by atoms with E-state index in [1.54, 1.807) is 6.08 Å². The number of amides is 1. The molecule has 370 valence electrons. The molecule has 0 aromatic rings. The van der Waals surface area contributed by atoms with Crippen LogP contribution in [0.3, 0.4) is 0 Å². The fraction of sp³-hybridized carbons (Fsp3) is 0.860. The summed E-state index contributed by atoms with van der Waals surface area (Å²) in [5.41, 5.74) is 0. The van der Waals surface area contributed by atoms with E-state index in [2.05, 4.69) is 43.5 Å². The van der Waals surface area contributed by atoms with E-state index in [1.165, 1.54) is 212 Å². The Labute approximate surface area is 392 Å². The van der Waals surface area contributed by atoms with E-state index in [9.17, 15) is 19.8 Å². The van der Waals surface area contributed by atoms with Crippen molar-refractivity contribution in [1.29, 1.82) is 0 Å². The second kappa shape index (κ2) is 52.7. The van der Waals surface area contributed by atoms with Crippen LogP contribution in [0.4, 0.5) is 0 Å². The van der Waals surface area contributed by atoms with E-state index in [0.29, 0.717) is 19.4 Å². The van der Waals surface area contributed by atoms with E-state index >= 15 is 0 Å². The molecule has 0 heterocycles. The van der Waals surface area contributed by atoms with Crippen LogP contribution in [-0.4, -0.2) is 47.4 Å². The first-order valence-electron chi connectivity index (χ1n) is 27.8. The van der Waals surface area contributed by atoms with Gasteiger partial charge in [-0.1, -0.05) is 262 Å². The molecular weight excluding hydrogens is 779 g/mol. The lowest BCUT2D eigenvalue weighted by Crippen LogP contribution is -2.45. The van der Waals surface area contributed by atoms with Gasteiger partial charge >= 0.3 is 5.97 Å². The minimum Gasteiger partial charge on any atom is -0.465 e. The molecule has 6 heteroatoms. The predicted octanol–water partition coefficient (Wildman–Crippen LogP) is 16.9. The van der Waals surface area contributed by atoms with Crippen LogP contribution in [-0.2, 0) is 14.3 Å². The summed E-state index contributed by atoms with van der Waals surface area (Å²) >= 11 is 0. The third kappa shape index (κ3) is 49.4. The van der Waals surface area contributed by atoms with Crippen molar-refractivity contribution in [3.63, 3.8) is 0 Å². The van der Waals surface area contributed by atoms with Crippen molar-refractivity contribution >= 4 is 11.9 Å². The van der Waals surface area contributed by atoms with E-state index in [4.69, 9.17) is 4.74 Å². The van der Waals surface area contributed by atoms with Gasteiger partial charge in [0.05, 0.1) is 25.4 Å². The Bertz CT molecular complexity index is 1020. The maximum absolute atomic E-state index is 12.4. The molecule has 0 fully saturated rings. The number of hydrogen-bond donors (Lipinski definition) is 3. The van der Waals surface area contributed by atoms with Crippen molar-refractivity contribution in [3.05, 3.63) is 36.5 Å². The average molecular weight is 886 g/mol. The van der Waals surface area contributed by atoms with Gasteiger partial charge < -0.3 is 20.3 Å². The molecule has 0 rings (SSSR count). The molecular formula is C57H107NO5. The lowest BCUT2D eigenvalue weighted by molar-refractivity contribution is -0.143. The summed E-state index contributed by atoms with van der Waals surface area (Å²) in [4.78, 5) is 24.4. The van der Waals surface area contributed by atoms with Gasteiger partial charge in [-0.3, -0.25) is 9.59 Å². The minimum atomic E-state index is -0.847. The molecule has 0 saturated heterocycles. The topological polar surface area (TPSA) is 95.9 Å². The maximum atomic E-state index is 12.4. The number of carbonyl (C=O) groups excluding carboxylic acids is 2. The van der Waals surface area contributed by atoms with Gasteiger partial charge in [0.15, 0.2) is 0 Å². The molecule has 3 N–H and O–H groups in total. The van der Waals surface area contributed by atoms with Gasteiger partial charge in [-0.05, 0) is 51.4 Å². The second-order valence-corrected chi connectivity index (χ2v) is 18.9. The van der Waals surface area contributed by atoms with Crippen molar-refractivity contribution in [3.8, 4) is 0 Å². The molecule has 63 heavy (non-hydrogen) atoms. The van der Waals surface area contributed by atoms with Crippen LogP contribution < -0.4 is 5.32 Å². The summed E-state index contributed by atoms with van der Waals surface area (Å²) in [5, 5.41) is 23.1. The maximum Gasteiger partial charge on any atom is 0.305 e. The Morgan fingerprint density at radius 2 is 0.794 bits per heavy atom. The van der Waals surface area contributed by atoms with E-state index in [0.717, 1.165) is 51.4 Å². The quantitative estimate of drug-likeness (QED) is 0.0321. The largest absolute Gasteiger partial charge is 0.465 e. The molecule has 2 atom stereocenters. The Morgan fingerprint density at radius 1 is 0.444 bits per heavy atom. The number of carbonyl (C=O) groups is 2. The van der Waals surface area contributed by atoms with Crippen LogP contribution in [0, 0.1) is 0 Å². The van der Waals surface area contributed by atoms with Crippen LogP contribution in [0.1, 0.15) is 290 Å². The first-order valence-corrected chi connectivity index (χ1v) is 27.8.